The van der Waals surface area contributed by atoms with Crippen LogP contribution >= 0.6 is 11.3 Å². The Morgan fingerprint density at radius 1 is 1.11 bits per heavy atom. The van der Waals surface area contributed by atoms with Gasteiger partial charge in [-0.15, -0.1) is 0 Å². The number of nitrogens with zero attached hydrogens (tertiary/aromatic N) is 2. The molecule has 1 aromatic heterocycles. The van der Waals surface area contributed by atoms with Crippen LogP contribution < -0.4 is 10.1 Å². The zero-order chi connectivity index (χ0) is 24.6. The molecule has 184 valence electrons. The van der Waals surface area contributed by atoms with Gasteiger partial charge in [0.2, 0.25) is 0 Å². The third-order valence-corrected chi connectivity index (χ3v) is 6.69. The van der Waals surface area contributed by atoms with E-state index in [-0.39, 0.29) is 25.2 Å². The molecule has 0 bridgehead atoms. The maximum Gasteiger partial charge on any atom is 0.410 e. The minimum Gasteiger partial charge on any atom is -0.497 e. The van der Waals surface area contributed by atoms with Gasteiger partial charge in [0.15, 0.2) is 5.13 Å². The number of ether oxygens (including phenoxy) is 3. The molecule has 35 heavy (non-hydrogen) atoms. The molecular weight excluding hydrogens is 466 g/mol. The van der Waals surface area contributed by atoms with Crippen molar-refractivity contribution in [3.05, 3.63) is 70.7 Å². The van der Waals surface area contributed by atoms with Crippen LogP contribution in [0, 0.1) is 0 Å². The van der Waals surface area contributed by atoms with Crippen molar-refractivity contribution in [2.75, 3.05) is 32.1 Å². The molecule has 1 fully saturated rings. The Labute approximate surface area is 208 Å². The minimum absolute atomic E-state index is 0.0879. The molecule has 1 aliphatic heterocycles. The summed E-state index contributed by atoms with van der Waals surface area (Å²) < 4.78 is 16.0. The second-order valence-electron chi connectivity index (χ2n) is 8.13. The number of likely N-dealkylation sites (tertiary alicyclic amines) is 1. The Balaban J connectivity index is 1.48. The molecule has 2 aromatic carbocycles. The predicted molar refractivity (Wildman–Crippen MR) is 135 cm³/mol. The number of hydrogen-bond acceptors (Lipinski definition) is 8. The SMILES string of the molecule is CCOC(=O)c1sc(Nc2ccc(OC)cc2)nc1C1CCCN(C(=O)OCc2ccccc2)C1. The van der Waals surface area contributed by atoms with E-state index in [4.69, 9.17) is 19.2 Å². The van der Waals surface area contributed by atoms with Gasteiger partial charge in [0.1, 0.15) is 17.2 Å². The van der Waals surface area contributed by atoms with E-state index in [2.05, 4.69) is 5.32 Å². The van der Waals surface area contributed by atoms with Crippen LogP contribution in [0.15, 0.2) is 54.6 Å². The third-order valence-electron chi connectivity index (χ3n) is 5.73. The molecule has 1 aliphatic rings. The summed E-state index contributed by atoms with van der Waals surface area (Å²) in [5, 5.41) is 3.86. The van der Waals surface area contributed by atoms with Crippen molar-refractivity contribution in [2.45, 2.75) is 32.3 Å². The molecule has 0 radical (unpaired) electrons. The molecule has 3 aromatic rings. The number of esters is 1. The number of rotatable bonds is 8. The number of hydrogen-bond donors (Lipinski definition) is 1. The Hall–Kier alpha value is -3.59. The Morgan fingerprint density at radius 3 is 2.60 bits per heavy atom. The van der Waals surface area contributed by atoms with E-state index in [0.717, 1.165) is 29.8 Å². The van der Waals surface area contributed by atoms with Crippen molar-refractivity contribution in [2.24, 2.45) is 0 Å². The van der Waals surface area contributed by atoms with Crippen molar-refractivity contribution < 1.29 is 23.8 Å². The quantitative estimate of drug-likeness (QED) is 0.408. The number of piperidine rings is 1. The number of anilines is 2. The summed E-state index contributed by atoms with van der Waals surface area (Å²) in [7, 11) is 1.62. The maximum atomic E-state index is 12.7. The first-order valence-electron chi connectivity index (χ1n) is 11.6. The molecule has 0 aliphatic carbocycles. The number of carbonyl (C=O) groups is 2. The van der Waals surface area contributed by atoms with Crippen LogP contribution in [0.4, 0.5) is 15.6 Å². The van der Waals surface area contributed by atoms with Crippen LogP contribution in [0.1, 0.15) is 46.6 Å². The van der Waals surface area contributed by atoms with Gasteiger partial charge in [-0.05, 0) is 49.6 Å². The highest BCUT2D eigenvalue weighted by Crippen LogP contribution is 2.35. The van der Waals surface area contributed by atoms with Gasteiger partial charge >= 0.3 is 12.1 Å². The predicted octanol–water partition coefficient (Wildman–Crippen LogP) is 5.59. The summed E-state index contributed by atoms with van der Waals surface area (Å²) in [5.41, 5.74) is 2.43. The van der Waals surface area contributed by atoms with E-state index >= 15 is 0 Å². The summed E-state index contributed by atoms with van der Waals surface area (Å²) in [6, 6.07) is 17.1. The maximum absolute atomic E-state index is 12.7. The molecule has 1 amide bonds. The van der Waals surface area contributed by atoms with Crippen LogP contribution in [0.25, 0.3) is 0 Å². The largest absolute Gasteiger partial charge is 0.497 e. The smallest absolute Gasteiger partial charge is 0.410 e. The van der Waals surface area contributed by atoms with E-state index in [1.807, 2.05) is 54.6 Å². The average molecular weight is 496 g/mol. The fourth-order valence-electron chi connectivity index (χ4n) is 3.98. The lowest BCUT2D eigenvalue weighted by Crippen LogP contribution is -2.39. The van der Waals surface area contributed by atoms with Crippen molar-refractivity contribution in [1.29, 1.82) is 0 Å². The topological polar surface area (TPSA) is 90.0 Å². The number of nitrogens with one attached hydrogen (secondary N) is 1. The first-order valence-corrected chi connectivity index (χ1v) is 12.4. The van der Waals surface area contributed by atoms with Gasteiger partial charge in [-0.2, -0.15) is 0 Å². The Kier molecular flexibility index (Phi) is 8.20. The molecule has 8 nitrogen and oxygen atoms in total. The summed E-state index contributed by atoms with van der Waals surface area (Å²) in [4.78, 5) is 32.4. The number of methoxy groups -OCH3 is 1. The van der Waals surface area contributed by atoms with Crippen LogP contribution in [0.3, 0.4) is 0 Å². The summed E-state index contributed by atoms with van der Waals surface area (Å²) in [6.45, 7) is 3.33. The minimum atomic E-state index is -0.397. The molecule has 0 spiro atoms. The molecule has 1 atom stereocenters. The van der Waals surface area contributed by atoms with Crippen LogP contribution in [-0.4, -0.2) is 48.8 Å². The second kappa shape index (κ2) is 11.7. The Bertz CT molecular complexity index is 1130. The molecular formula is C26H29N3O5S. The summed E-state index contributed by atoms with van der Waals surface area (Å²) in [5.74, 6) is 0.269. The highest BCUT2D eigenvalue weighted by atomic mass is 32.1. The number of carbonyl (C=O) groups excluding carboxylic acids is 2. The highest BCUT2D eigenvalue weighted by molar-refractivity contribution is 7.17. The van der Waals surface area contributed by atoms with Gasteiger partial charge in [-0.3, -0.25) is 0 Å². The molecule has 1 saturated heterocycles. The summed E-state index contributed by atoms with van der Waals surface area (Å²) >= 11 is 1.26. The van der Waals surface area contributed by atoms with E-state index in [1.165, 1.54) is 11.3 Å². The van der Waals surface area contributed by atoms with E-state index in [1.54, 1.807) is 18.9 Å². The van der Waals surface area contributed by atoms with Crippen LogP contribution in [0.2, 0.25) is 0 Å². The summed E-state index contributed by atoms with van der Waals surface area (Å²) in [6.07, 6.45) is 1.26. The molecule has 0 saturated carbocycles. The fraction of sp³-hybridized carbons (Fsp3) is 0.346. The first-order chi connectivity index (χ1) is 17.1. The van der Waals surface area contributed by atoms with Gasteiger partial charge in [-0.1, -0.05) is 41.7 Å². The van der Waals surface area contributed by atoms with E-state index in [0.29, 0.717) is 28.8 Å². The number of thiazole rings is 1. The molecule has 1 unspecified atom stereocenters. The van der Waals surface area contributed by atoms with E-state index in [9.17, 15) is 9.59 Å². The van der Waals surface area contributed by atoms with Crippen LogP contribution in [-0.2, 0) is 16.1 Å². The lowest BCUT2D eigenvalue weighted by Gasteiger charge is -2.31. The lowest BCUT2D eigenvalue weighted by molar-refractivity contribution is 0.0529. The average Bonchev–Trinajstić information content (AvgIpc) is 3.32. The number of benzene rings is 2. The molecule has 9 heteroatoms. The zero-order valence-electron chi connectivity index (χ0n) is 19.9. The van der Waals surface area contributed by atoms with Crippen molar-refractivity contribution >= 4 is 34.2 Å². The monoisotopic (exact) mass is 495 g/mol. The fourth-order valence-corrected chi connectivity index (χ4v) is 4.94. The Morgan fingerprint density at radius 2 is 1.89 bits per heavy atom. The third kappa shape index (κ3) is 6.30. The van der Waals surface area contributed by atoms with Crippen molar-refractivity contribution in [3.63, 3.8) is 0 Å². The second-order valence-corrected chi connectivity index (χ2v) is 9.13. The van der Waals surface area contributed by atoms with Gasteiger partial charge in [0.25, 0.3) is 0 Å². The van der Waals surface area contributed by atoms with Crippen molar-refractivity contribution in [1.82, 2.24) is 9.88 Å². The number of aromatic nitrogens is 1. The van der Waals surface area contributed by atoms with Crippen LogP contribution in [0.5, 0.6) is 5.75 Å². The van der Waals surface area contributed by atoms with Gasteiger partial charge in [-0.25, -0.2) is 14.6 Å². The molecule has 1 N–H and O–H groups in total. The molecule has 2 heterocycles. The van der Waals surface area contributed by atoms with E-state index < -0.39 is 5.97 Å². The normalized spacial score (nSPS) is 15.4. The highest BCUT2D eigenvalue weighted by Gasteiger charge is 2.32. The lowest BCUT2D eigenvalue weighted by atomic mass is 9.94. The van der Waals surface area contributed by atoms with Crippen molar-refractivity contribution in [3.8, 4) is 5.75 Å². The number of amides is 1. The van der Waals surface area contributed by atoms with Gasteiger partial charge in [0.05, 0.1) is 19.4 Å². The standard InChI is InChI=1S/C26H29N3O5S/c1-3-33-24(30)23-22(28-25(35-23)27-20-11-13-21(32-2)14-12-20)19-10-7-15-29(16-19)26(31)34-17-18-8-5-4-6-9-18/h4-6,8-9,11-14,19H,3,7,10,15-17H2,1-2H3,(H,27,28). The first kappa shape index (κ1) is 24.5. The zero-order valence-corrected chi connectivity index (χ0v) is 20.7. The molecule has 4 rings (SSSR count). The van der Waals surface area contributed by atoms with Gasteiger partial charge in [0, 0.05) is 24.7 Å². The van der Waals surface area contributed by atoms with Gasteiger partial charge < -0.3 is 24.4 Å².